The van der Waals surface area contributed by atoms with Crippen molar-refractivity contribution in [2.24, 2.45) is 11.1 Å². The van der Waals surface area contributed by atoms with Gasteiger partial charge >= 0.3 is 0 Å². The van der Waals surface area contributed by atoms with E-state index in [0.717, 1.165) is 22.3 Å². The van der Waals surface area contributed by atoms with Crippen LogP contribution < -0.4 is 5.73 Å². The van der Waals surface area contributed by atoms with Gasteiger partial charge < -0.3 is 10.6 Å². The Kier molecular flexibility index (Phi) is 8.63. The van der Waals surface area contributed by atoms with E-state index in [1.807, 2.05) is 55.1 Å². The van der Waals surface area contributed by atoms with Crippen molar-refractivity contribution >= 4 is 41.8 Å². The third-order valence-corrected chi connectivity index (χ3v) is 4.77. The maximum atomic E-state index is 13.3. The van der Waals surface area contributed by atoms with Crippen molar-refractivity contribution < 1.29 is 4.79 Å². The van der Waals surface area contributed by atoms with E-state index >= 15 is 0 Å². The molecule has 158 valence electrons. The first-order valence-corrected chi connectivity index (χ1v) is 9.24. The molecule has 2 aromatic heterocycles. The molecule has 1 amide bonds. The second kappa shape index (κ2) is 10.1. The summed E-state index contributed by atoms with van der Waals surface area (Å²) in [5.41, 5.74) is 8.79. The van der Waals surface area contributed by atoms with Gasteiger partial charge in [-0.05, 0) is 24.9 Å². The van der Waals surface area contributed by atoms with Gasteiger partial charge in [0, 0.05) is 25.7 Å². The number of nitrogens with two attached hydrogens (primary N) is 1. The van der Waals surface area contributed by atoms with E-state index < -0.39 is 0 Å². The lowest BCUT2D eigenvalue weighted by atomic mass is 9.93. The van der Waals surface area contributed by atoms with Gasteiger partial charge in [0.25, 0.3) is 5.91 Å². The van der Waals surface area contributed by atoms with E-state index in [1.54, 1.807) is 11.1 Å². The van der Waals surface area contributed by atoms with Gasteiger partial charge in [-0.25, -0.2) is 9.67 Å². The zero-order valence-electron chi connectivity index (χ0n) is 17.3. The van der Waals surface area contributed by atoms with Crippen molar-refractivity contribution in [3.8, 4) is 11.3 Å². The summed E-state index contributed by atoms with van der Waals surface area (Å²) in [4.78, 5) is 19.8. The van der Waals surface area contributed by atoms with Gasteiger partial charge in [-0.1, -0.05) is 44.2 Å². The molecule has 0 aliphatic carbocycles. The minimum atomic E-state index is -0.146. The van der Waals surface area contributed by atoms with Gasteiger partial charge in [-0.2, -0.15) is 5.10 Å². The highest BCUT2D eigenvalue weighted by Crippen LogP contribution is 2.26. The number of hydrogen-bond donors (Lipinski definition) is 1. The van der Waals surface area contributed by atoms with Gasteiger partial charge in [-0.3, -0.25) is 4.79 Å². The van der Waals surface area contributed by atoms with E-state index in [-0.39, 0.29) is 36.1 Å². The molecule has 0 aliphatic rings. The van der Waals surface area contributed by atoms with Crippen LogP contribution in [0.15, 0.2) is 42.6 Å². The van der Waals surface area contributed by atoms with Crippen LogP contribution in [0.5, 0.6) is 0 Å². The van der Waals surface area contributed by atoms with Gasteiger partial charge in [-0.15, -0.1) is 24.8 Å². The van der Waals surface area contributed by atoms with Crippen molar-refractivity contribution in [2.45, 2.75) is 27.3 Å². The van der Waals surface area contributed by atoms with Crippen molar-refractivity contribution in [3.05, 3.63) is 48.2 Å². The predicted molar refractivity (Wildman–Crippen MR) is 123 cm³/mol. The number of halogens is 2. The summed E-state index contributed by atoms with van der Waals surface area (Å²) in [6.07, 6.45) is 1.73. The number of hydrogen-bond acceptors (Lipinski definition) is 4. The van der Waals surface area contributed by atoms with Crippen molar-refractivity contribution in [2.75, 3.05) is 20.1 Å². The summed E-state index contributed by atoms with van der Waals surface area (Å²) in [6.45, 7) is 7.92. The van der Waals surface area contributed by atoms with Crippen LogP contribution in [0.3, 0.4) is 0 Å². The number of carbonyl (C=O) groups is 1. The van der Waals surface area contributed by atoms with Crippen LogP contribution in [0.1, 0.15) is 31.1 Å². The molecule has 29 heavy (non-hydrogen) atoms. The molecule has 2 N–H and O–H groups in total. The molecular weight excluding hydrogens is 409 g/mol. The van der Waals surface area contributed by atoms with Gasteiger partial charge in [0.2, 0.25) is 0 Å². The second-order valence-corrected chi connectivity index (χ2v) is 7.65. The fourth-order valence-corrected chi connectivity index (χ4v) is 3.20. The van der Waals surface area contributed by atoms with E-state index in [0.29, 0.717) is 25.2 Å². The van der Waals surface area contributed by atoms with E-state index in [9.17, 15) is 4.79 Å². The zero-order valence-corrected chi connectivity index (χ0v) is 18.9. The molecule has 0 radical (unpaired) electrons. The second-order valence-electron chi connectivity index (χ2n) is 7.65. The van der Waals surface area contributed by atoms with Crippen LogP contribution >= 0.6 is 24.8 Å². The number of aromatic nitrogens is 3. The smallest absolute Gasteiger partial charge is 0.254 e. The van der Waals surface area contributed by atoms with Crippen LogP contribution in [-0.2, 0) is 6.54 Å². The third-order valence-electron chi connectivity index (χ3n) is 4.77. The van der Waals surface area contributed by atoms with E-state index in [4.69, 9.17) is 10.7 Å². The molecule has 1 aromatic carbocycles. The third kappa shape index (κ3) is 5.26. The molecule has 3 aromatic rings. The van der Waals surface area contributed by atoms with Crippen molar-refractivity contribution in [1.29, 1.82) is 0 Å². The normalized spacial score (nSPS) is 10.9. The summed E-state index contributed by atoms with van der Waals surface area (Å²) in [6, 6.07) is 11.8. The summed E-state index contributed by atoms with van der Waals surface area (Å²) in [5.74, 6) is -0.0447. The number of amides is 1. The quantitative estimate of drug-likeness (QED) is 0.631. The van der Waals surface area contributed by atoms with Crippen LogP contribution in [0.25, 0.3) is 22.3 Å². The summed E-state index contributed by atoms with van der Waals surface area (Å²) in [5, 5.41) is 5.18. The van der Waals surface area contributed by atoms with E-state index in [1.165, 1.54) is 0 Å². The Labute approximate surface area is 184 Å². The highest BCUT2D eigenvalue weighted by atomic mass is 35.5. The maximum absolute atomic E-state index is 13.3. The molecule has 0 aliphatic heterocycles. The molecular formula is C21H29Cl2N5O. The summed E-state index contributed by atoms with van der Waals surface area (Å²) < 4.78 is 1.82. The molecule has 0 fully saturated rings. The van der Waals surface area contributed by atoms with Gasteiger partial charge in [0.05, 0.1) is 22.8 Å². The Balaban J connectivity index is 0.00000210. The molecule has 8 heteroatoms. The number of benzene rings is 1. The average molecular weight is 438 g/mol. The van der Waals surface area contributed by atoms with E-state index in [2.05, 4.69) is 18.9 Å². The predicted octanol–water partition coefficient (Wildman–Crippen LogP) is 4.02. The molecule has 6 nitrogen and oxygen atoms in total. The first kappa shape index (κ1) is 24.9. The van der Waals surface area contributed by atoms with Crippen molar-refractivity contribution in [3.63, 3.8) is 0 Å². The molecule has 0 spiro atoms. The highest BCUT2D eigenvalue weighted by Gasteiger charge is 2.24. The lowest BCUT2D eigenvalue weighted by molar-refractivity contribution is 0.0742. The Morgan fingerprint density at radius 1 is 1.21 bits per heavy atom. The summed E-state index contributed by atoms with van der Waals surface area (Å²) in [7, 11) is 1.82. The first-order valence-electron chi connectivity index (χ1n) is 9.24. The number of aryl methyl sites for hydroxylation is 1. The Morgan fingerprint density at radius 3 is 2.45 bits per heavy atom. The first-order chi connectivity index (χ1) is 12.9. The van der Waals surface area contributed by atoms with Crippen LogP contribution in [0.2, 0.25) is 0 Å². The Morgan fingerprint density at radius 2 is 1.86 bits per heavy atom. The summed E-state index contributed by atoms with van der Waals surface area (Å²) >= 11 is 0. The molecule has 0 saturated heterocycles. The van der Waals surface area contributed by atoms with Crippen LogP contribution in [0, 0.1) is 5.41 Å². The fourth-order valence-electron chi connectivity index (χ4n) is 3.20. The average Bonchev–Trinajstić information content (AvgIpc) is 3.10. The largest absolute Gasteiger partial charge is 0.341 e. The lowest BCUT2D eigenvalue weighted by Gasteiger charge is -2.29. The molecule has 0 saturated carbocycles. The number of carbonyl (C=O) groups excluding carboxylic acids is 1. The number of nitrogens with zero attached hydrogens (tertiary/aromatic N) is 4. The molecule has 0 bridgehead atoms. The lowest BCUT2D eigenvalue weighted by Crippen LogP contribution is -2.39. The molecule has 2 heterocycles. The Hall–Kier alpha value is -2.15. The molecule has 0 unspecified atom stereocenters. The monoisotopic (exact) mass is 437 g/mol. The van der Waals surface area contributed by atoms with Crippen molar-refractivity contribution in [1.82, 2.24) is 19.7 Å². The van der Waals surface area contributed by atoms with Gasteiger partial charge in [0.15, 0.2) is 5.65 Å². The minimum absolute atomic E-state index is 0. The Bertz CT molecular complexity index is 956. The minimum Gasteiger partial charge on any atom is -0.341 e. The number of pyridine rings is 1. The topological polar surface area (TPSA) is 77.0 Å². The number of rotatable bonds is 6. The van der Waals surface area contributed by atoms with Crippen LogP contribution in [0.4, 0.5) is 0 Å². The highest BCUT2D eigenvalue weighted by molar-refractivity contribution is 6.06. The van der Waals surface area contributed by atoms with Crippen LogP contribution in [-0.4, -0.2) is 45.7 Å². The molecule has 0 atom stereocenters. The molecule has 3 rings (SSSR count). The number of fused-ring (bicyclic) bond motifs is 1. The zero-order chi connectivity index (χ0) is 19.6. The van der Waals surface area contributed by atoms with Gasteiger partial charge in [0.1, 0.15) is 0 Å². The SMILES string of the molecule is CCn1ncc2c(C(=O)N(C)CC(C)(C)CN)cc(-c3ccccc3)nc21.Cl.Cl. The fraction of sp³-hybridized carbons (Fsp3) is 0.381. The maximum Gasteiger partial charge on any atom is 0.254 e. The standard InChI is InChI=1S/C21H27N5O.2ClH/c1-5-26-19-17(12-23-26)16(20(27)25(4)14-21(2,3)13-22)11-18(24-19)15-9-7-6-8-10-15;;/h6-12H,5,13-14,22H2,1-4H3;2*1H.